The molecule has 0 aromatic heterocycles. The molecule has 0 aliphatic rings. The lowest BCUT2D eigenvalue weighted by Crippen LogP contribution is -2.14. The van der Waals surface area contributed by atoms with E-state index in [1.807, 2.05) is 12.1 Å². The van der Waals surface area contributed by atoms with E-state index in [1.54, 1.807) is 14.2 Å². The summed E-state index contributed by atoms with van der Waals surface area (Å²) in [5.74, 6) is 1.58. The Balaban J connectivity index is 2.26. The summed E-state index contributed by atoms with van der Waals surface area (Å²) in [6, 6.07) is 6.06. The molecule has 1 rings (SSSR count). The standard InChI is InChI=1S/C15H24INO2/c1-18-14-8-7-13(11-15(14)19-2)12-17-10-6-4-3-5-9-16/h7-8,11,17H,3-6,9-10,12H2,1-2H3. The third-order valence-corrected chi connectivity index (χ3v) is 3.78. The lowest BCUT2D eigenvalue weighted by molar-refractivity contribution is 0.354. The number of unbranched alkanes of at least 4 members (excludes halogenated alkanes) is 3. The minimum absolute atomic E-state index is 0.782. The topological polar surface area (TPSA) is 30.5 Å². The summed E-state index contributed by atoms with van der Waals surface area (Å²) >= 11 is 2.44. The second-order valence-corrected chi connectivity index (χ2v) is 5.55. The van der Waals surface area contributed by atoms with Crippen LogP contribution < -0.4 is 14.8 Å². The summed E-state index contributed by atoms with van der Waals surface area (Å²) < 4.78 is 11.8. The Morgan fingerprint density at radius 2 is 1.74 bits per heavy atom. The molecule has 0 spiro atoms. The predicted octanol–water partition coefficient (Wildman–Crippen LogP) is 3.79. The molecule has 0 unspecified atom stereocenters. The van der Waals surface area contributed by atoms with Gasteiger partial charge in [-0.25, -0.2) is 0 Å². The first-order chi connectivity index (χ1) is 9.31. The Kier molecular flexibility index (Phi) is 8.99. The highest BCUT2D eigenvalue weighted by molar-refractivity contribution is 14.1. The quantitative estimate of drug-likeness (QED) is 0.382. The first kappa shape index (κ1) is 16.6. The molecule has 0 atom stereocenters. The number of methoxy groups -OCH3 is 2. The summed E-state index contributed by atoms with van der Waals surface area (Å²) in [6.07, 6.45) is 5.27. The van der Waals surface area contributed by atoms with Gasteiger partial charge in [0, 0.05) is 6.54 Å². The molecule has 3 nitrogen and oxygen atoms in total. The van der Waals surface area contributed by atoms with E-state index in [0.717, 1.165) is 24.6 Å². The minimum Gasteiger partial charge on any atom is -0.493 e. The fraction of sp³-hybridized carbons (Fsp3) is 0.600. The van der Waals surface area contributed by atoms with E-state index in [1.165, 1.54) is 35.7 Å². The number of benzene rings is 1. The molecular weight excluding hydrogens is 353 g/mol. The smallest absolute Gasteiger partial charge is 0.161 e. The Hall–Kier alpha value is -0.490. The summed E-state index contributed by atoms with van der Waals surface area (Å²) in [5.41, 5.74) is 1.23. The molecule has 0 fully saturated rings. The Morgan fingerprint density at radius 3 is 2.42 bits per heavy atom. The van der Waals surface area contributed by atoms with E-state index in [-0.39, 0.29) is 0 Å². The number of nitrogens with one attached hydrogen (secondary N) is 1. The van der Waals surface area contributed by atoms with Gasteiger partial charge in [-0.1, -0.05) is 41.5 Å². The zero-order valence-electron chi connectivity index (χ0n) is 11.9. The Bertz CT molecular complexity index is 358. The highest BCUT2D eigenvalue weighted by Gasteiger charge is 2.03. The van der Waals surface area contributed by atoms with E-state index >= 15 is 0 Å². The maximum absolute atomic E-state index is 5.30. The zero-order chi connectivity index (χ0) is 13.9. The highest BCUT2D eigenvalue weighted by Crippen LogP contribution is 2.27. The summed E-state index contributed by atoms with van der Waals surface area (Å²) in [5, 5.41) is 3.47. The molecule has 1 aromatic rings. The van der Waals surface area contributed by atoms with Crippen LogP contribution in [0.25, 0.3) is 0 Å². The maximum Gasteiger partial charge on any atom is 0.161 e. The van der Waals surface area contributed by atoms with Crippen LogP contribution in [-0.4, -0.2) is 25.2 Å². The van der Waals surface area contributed by atoms with Gasteiger partial charge in [0.2, 0.25) is 0 Å². The monoisotopic (exact) mass is 377 g/mol. The summed E-state index contributed by atoms with van der Waals surface area (Å²) in [7, 11) is 3.33. The molecule has 0 saturated carbocycles. The van der Waals surface area contributed by atoms with Crippen LogP contribution >= 0.6 is 22.6 Å². The van der Waals surface area contributed by atoms with Crippen molar-refractivity contribution in [1.82, 2.24) is 5.32 Å². The molecule has 0 radical (unpaired) electrons. The van der Waals surface area contributed by atoms with Crippen LogP contribution in [0.4, 0.5) is 0 Å². The molecular formula is C15H24INO2. The molecule has 1 aromatic carbocycles. The molecule has 0 aliphatic carbocycles. The first-order valence-electron chi connectivity index (χ1n) is 6.79. The van der Waals surface area contributed by atoms with Crippen molar-refractivity contribution in [2.24, 2.45) is 0 Å². The van der Waals surface area contributed by atoms with Crippen LogP contribution in [0.5, 0.6) is 11.5 Å². The van der Waals surface area contributed by atoms with E-state index in [0.29, 0.717) is 0 Å². The zero-order valence-corrected chi connectivity index (χ0v) is 14.0. The van der Waals surface area contributed by atoms with Gasteiger partial charge in [0.25, 0.3) is 0 Å². The number of ether oxygens (including phenoxy) is 2. The third kappa shape index (κ3) is 6.47. The fourth-order valence-electron chi connectivity index (χ4n) is 1.92. The molecule has 0 aliphatic heterocycles. The number of rotatable bonds is 10. The predicted molar refractivity (Wildman–Crippen MR) is 88.6 cm³/mol. The van der Waals surface area contributed by atoms with Crippen molar-refractivity contribution in [3.8, 4) is 11.5 Å². The first-order valence-corrected chi connectivity index (χ1v) is 8.32. The van der Waals surface area contributed by atoms with E-state index in [9.17, 15) is 0 Å². The van der Waals surface area contributed by atoms with Crippen molar-refractivity contribution >= 4 is 22.6 Å². The summed E-state index contributed by atoms with van der Waals surface area (Å²) in [6.45, 7) is 1.96. The summed E-state index contributed by atoms with van der Waals surface area (Å²) in [4.78, 5) is 0. The molecule has 0 bridgehead atoms. The number of halogens is 1. The molecule has 19 heavy (non-hydrogen) atoms. The van der Waals surface area contributed by atoms with Gasteiger partial charge in [0.1, 0.15) is 0 Å². The van der Waals surface area contributed by atoms with Crippen molar-refractivity contribution in [3.05, 3.63) is 23.8 Å². The average molecular weight is 377 g/mol. The third-order valence-electron chi connectivity index (χ3n) is 3.01. The van der Waals surface area contributed by atoms with Crippen molar-refractivity contribution < 1.29 is 9.47 Å². The molecule has 0 amide bonds. The number of hydrogen-bond donors (Lipinski definition) is 1. The van der Waals surface area contributed by atoms with Crippen LogP contribution in [0.3, 0.4) is 0 Å². The van der Waals surface area contributed by atoms with Gasteiger partial charge in [-0.05, 0) is 41.5 Å². The van der Waals surface area contributed by atoms with Crippen LogP contribution in [-0.2, 0) is 6.54 Å². The molecule has 0 saturated heterocycles. The highest BCUT2D eigenvalue weighted by atomic mass is 127. The van der Waals surface area contributed by atoms with Gasteiger partial charge in [-0.3, -0.25) is 0 Å². The van der Waals surface area contributed by atoms with Crippen LogP contribution in [0.2, 0.25) is 0 Å². The molecule has 108 valence electrons. The number of hydrogen-bond acceptors (Lipinski definition) is 3. The van der Waals surface area contributed by atoms with E-state index in [4.69, 9.17) is 9.47 Å². The van der Waals surface area contributed by atoms with Crippen LogP contribution in [0, 0.1) is 0 Å². The lowest BCUT2D eigenvalue weighted by atomic mass is 10.2. The van der Waals surface area contributed by atoms with Gasteiger partial charge < -0.3 is 14.8 Å². The Labute approximate surface area is 130 Å². The normalized spacial score (nSPS) is 10.5. The lowest BCUT2D eigenvalue weighted by Gasteiger charge is -2.10. The van der Waals surface area contributed by atoms with Crippen molar-refractivity contribution in [3.63, 3.8) is 0 Å². The number of alkyl halides is 1. The van der Waals surface area contributed by atoms with Crippen LogP contribution in [0.1, 0.15) is 31.2 Å². The Morgan fingerprint density at radius 1 is 1.00 bits per heavy atom. The van der Waals surface area contributed by atoms with Crippen molar-refractivity contribution in [2.45, 2.75) is 32.2 Å². The van der Waals surface area contributed by atoms with E-state index < -0.39 is 0 Å². The van der Waals surface area contributed by atoms with Crippen molar-refractivity contribution in [1.29, 1.82) is 0 Å². The SMILES string of the molecule is COc1ccc(CNCCCCCCI)cc1OC. The molecule has 4 heteroatoms. The second kappa shape index (κ2) is 10.3. The maximum atomic E-state index is 5.30. The average Bonchev–Trinajstić information content (AvgIpc) is 2.46. The second-order valence-electron chi connectivity index (χ2n) is 4.47. The van der Waals surface area contributed by atoms with Gasteiger partial charge >= 0.3 is 0 Å². The van der Waals surface area contributed by atoms with Crippen molar-refractivity contribution in [2.75, 3.05) is 25.2 Å². The van der Waals surface area contributed by atoms with Gasteiger partial charge in [0.15, 0.2) is 11.5 Å². The van der Waals surface area contributed by atoms with E-state index in [2.05, 4.69) is 34.0 Å². The molecule has 1 N–H and O–H groups in total. The molecule has 0 heterocycles. The van der Waals surface area contributed by atoms with Gasteiger partial charge in [0.05, 0.1) is 14.2 Å². The van der Waals surface area contributed by atoms with Gasteiger partial charge in [-0.15, -0.1) is 0 Å². The fourth-order valence-corrected chi connectivity index (χ4v) is 2.46. The van der Waals surface area contributed by atoms with Gasteiger partial charge in [-0.2, -0.15) is 0 Å². The largest absolute Gasteiger partial charge is 0.493 e. The minimum atomic E-state index is 0.782. The van der Waals surface area contributed by atoms with Crippen LogP contribution in [0.15, 0.2) is 18.2 Å².